The van der Waals surface area contributed by atoms with Crippen molar-refractivity contribution in [2.75, 3.05) is 31.1 Å². The first kappa shape index (κ1) is 22.4. The summed E-state index contributed by atoms with van der Waals surface area (Å²) in [6.07, 6.45) is 4.42. The number of allylic oxidation sites excluding steroid dienone is 1. The van der Waals surface area contributed by atoms with E-state index in [-0.39, 0.29) is 0 Å². The zero-order valence-corrected chi connectivity index (χ0v) is 18.5. The summed E-state index contributed by atoms with van der Waals surface area (Å²) in [6.45, 7) is 3.41. The first-order chi connectivity index (χ1) is 16.0. The number of anilines is 1. The van der Waals surface area contributed by atoms with Crippen molar-refractivity contribution in [2.24, 2.45) is 5.73 Å². The number of primary amides is 1. The number of ether oxygens (including phenoxy) is 1. The highest BCUT2D eigenvalue weighted by Crippen LogP contribution is 2.29. The number of nitrogens with one attached hydrogen (secondary N) is 1. The number of piperazine rings is 1. The van der Waals surface area contributed by atoms with Gasteiger partial charge in [0.05, 0.1) is 11.3 Å². The molecule has 33 heavy (non-hydrogen) atoms. The summed E-state index contributed by atoms with van der Waals surface area (Å²) < 4.78 is 5.89. The van der Waals surface area contributed by atoms with Gasteiger partial charge in [-0.1, -0.05) is 18.2 Å². The van der Waals surface area contributed by atoms with Crippen molar-refractivity contribution >= 4 is 34.6 Å². The molecule has 1 aliphatic heterocycles. The number of halogens is 1. The number of amides is 1. The van der Waals surface area contributed by atoms with E-state index in [1.165, 1.54) is 6.08 Å². The number of hydrogen-bond acceptors (Lipinski definition) is 7. The third-order valence-corrected chi connectivity index (χ3v) is 5.25. The molecule has 0 saturated carbocycles. The normalized spacial score (nSPS) is 13.8. The van der Waals surface area contributed by atoms with Crippen LogP contribution in [-0.2, 0) is 4.79 Å². The van der Waals surface area contributed by atoms with E-state index in [0.717, 1.165) is 32.0 Å². The maximum atomic E-state index is 12.0. The van der Waals surface area contributed by atoms with Crippen LogP contribution in [-0.4, -0.2) is 47.3 Å². The van der Waals surface area contributed by atoms with Crippen LogP contribution in [0.15, 0.2) is 60.8 Å². The molecular formula is C24H22ClN5O3. The predicted octanol–water partition coefficient (Wildman–Crippen LogP) is 3.22. The Balaban J connectivity index is 1.61. The molecule has 1 aliphatic rings. The van der Waals surface area contributed by atoms with E-state index in [9.17, 15) is 9.59 Å². The van der Waals surface area contributed by atoms with Crippen molar-refractivity contribution in [2.45, 2.75) is 0 Å². The summed E-state index contributed by atoms with van der Waals surface area (Å²) in [7, 11) is 0. The van der Waals surface area contributed by atoms with Crippen molar-refractivity contribution < 1.29 is 14.3 Å². The van der Waals surface area contributed by atoms with Gasteiger partial charge in [-0.3, -0.25) is 9.59 Å². The molecule has 168 valence electrons. The number of pyridine rings is 2. The second-order valence-corrected chi connectivity index (χ2v) is 7.70. The zero-order chi connectivity index (χ0) is 23.2. The number of benzene rings is 1. The molecule has 0 atom stereocenters. The van der Waals surface area contributed by atoms with Gasteiger partial charge in [0.25, 0.3) is 5.91 Å². The van der Waals surface area contributed by atoms with Crippen molar-refractivity contribution in [1.82, 2.24) is 15.3 Å². The fourth-order valence-electron chi connectivity index (χ4n) is 3.50. The lowest BCUT2D eigenvalue weighted by molar-refractivity contribution is -0.107. The van der Waals surface area contributed by atoms with E-state index in [0.29, 0.717) is 34.0 Å². The third-order valence-electron chi connectivity index (χ3n) is 5.12. The van der Waals surface area contributed by atoms with E-state index in [2.05, 4.69) is 15.2 Å². The van der Waals surface area contributed by atoms with Gasteiger partial charge >= 0.3 is 0 Å². The first-order valence-corrected chi connectivity index (χ1v) is 10.8. The molecule has 3 aromatic rings. The molecule has 0 bridgehead atoms. The summed E-state index contributed by atoms with van der Waals surface area (Å²) in [4.78, 5) is 34.3. The zero-order valence-electron chi connectivity index (χ0n) is 17.7. The van der Waals surface area contributed by atoms with E-state index >= 15 is 0 Å². The van der Waals surface area contributed by atoms with Crippen LogP contribution >= 0.6 is 11.6 Å². The van der Waals surface area contributed by atoms with Gasteiger partial charge in [-0.15, -0.1) is 0 Å². The largest absolute Gasteiger partial charge is 0.438 e. The lowest BCUT2D eigenvalue weighted by Crippen LogP contribution is -2.44. The molecule has 0 radical (unpaired) electrons. The first-order valence-electron chi connectivity index (χ1n) is 10.4. The minimum Gasteiger partial charge on any atom is -0.438 e. The quantitative estimate of drug-likeness (QED) is 0.408. The van der Waals surface area contributed by atoms with E-state index in [1.54, 1.807) is 42.6 Å². The number of hydrogen-bond donors (Lipinski definition) is 2. The van der Waals surface area contributed by atoms with E-state index in [1.807, 2.05) is 18.2 Å². The standard InChI is InChI=1S/C24H22ClN5O3/c25-20(31)8-5-16-3-1-2-4-19(16)33-22-10-6-17(15-28-22)23-18(24(26)32)7-9-21(29-23)30-13-11-27-12-14-30/h1-10,15,27H,11-14H2,(H2,26,32)/b8-5+. The van der Waals surface area contributed by atoms with Gasteiger partial charge in [-0.25, -0.2) is 9.97 Å². The highest BCUT2D eigenvalue weighted by molar-refractivity contribution is 6.66. The van der Waals surface area contributed by atoms with Crippen molar-refractivity contribution in [3.05, 3.63) is 71.9 Å². The molecule has 8 nitrogen and oxygen atoms in total. The average Bonchev–Trinajstić information content (AvgIpc) is 2.84. The lowest BCUT2D eigenvalue weighted by atomic mass is 10.1. The SMILES string of the molecule is NC(=O)c1ccc(N2CCNCC2)nc1-c1ccc(Oc2ccccc2/C=C/C(=O)Cl)nc1. The van der Waals surface area contributed by atoms with Crippen molar-refractivity contribution in [3.8, 4) is 22.9 Å². The van der Waals surface area contributed by atoms with Crippen LogP contribution < -0.4 is 20.7 Å². The van der Waals surface area contributed by atoms with Gasteiger partial charge < -0.3 is 20.7 Å². The molecule has 0 aliphatic carbocycles. The smallest absolute Gasteiger partial charge is 0.250 e. The van der Waals surface area contributed by atoms with Crippen LogP contribution in [0.1, 0.15) is 15.9 Å². The van der Waals surface area contributed by atoms with E-state index in [4.69, 9.17) is 27.1 Å². The Hall–Kier alpha value is -3.75. The lowest BCUT2D eigenvalue weighted by Gasteiger charge is -2.28. The Morgan fingerprint density at radius 1 is 1.09 bits per heavy atom. The van der Waals surface area contributed by atoms with Gasteiger partial charge in [0.1, 0.15) is 11.6 Å². The Bertz CT molecular complexity index is 1190. The minimum atomic E-state index is -0.576. The summed E-state index contributed by atoms with van der Waals surface area (Å²) in [5.74, 6) is 1.09. The van der Waals surface area contributed by atoms with Crippen molar-refractivity contribution in [3.63, 3.8) is 0 Å². The van der Waals surface area contributed by atoms with Gasteiger partial charge in [-0.05, 0) is 48.0 Å². The van der Waals surface area contributed by atoms with Crippen LogP contribution in [0.5, 0.6) is 11.6 Å². The molecule has 1 aromatic carbocycles. The Morgan fingerprint density at radius 3 is 2.58 bits per heavy atom. The molecule has 1 fully saturated rings. The molecular weight excluding hydrogens is 442 g/mol. The summed E-state index contributed by atoms with van der Waals surface area (Å²) in [5.41, 5.74) is 7.72. The number of carbonyl (C=O) groups is 2. The molecule has 0 spiro atoms. The molecule has 0 unspecified atom stereocenters. The fourth-order valence-corrected chi connectivity index (χ4v) is 3.56. The molecule has 1 saturated heterocycles. The second kappa shape index (κ2) is 10.2. The van der Waals surface area contributed by atoms with E-state index < -0.39 is 11.1 Å². The van der Waals surface area contributed by atoms with Crippen LogP contribution in [0.2, 0.25) is 0 Å². The van der Waals surface area contributed by atoms with Gasteiger partial charge in [0.15, 0.2) is 0 Å². The number of para-hydroxylation sites is 1. The molecule has 4 rings (SSSR count). The average molecular weight is 464 g/mol. The van der Waals surface area contributed by atoms with Crippen molar-refractivity contribution in [1.29, 1.82) is 0 Å². The topological polar surface area (TPSA) is 110 Å². The summed E-state index contributed by atoms with van der Waals surface area (Å²) in [5, 5.41) is 2.73. The van der Waals surface area contributed by atoms with Crippen LogP contribution in [0.25, 0.3) is 17.3 Å². The van der Waals surface area contributed by atoms with Gasteiger partial charge in [0.2, 0.25) is 11.1 Å². The number of nitrogens with zero attached hydrogens (tertiary/aromatic N) is 3. The predicted molar refractivity (Wildman–Crippen MR) is 127 cm³/mol. The van der Waals surface area contributed by atoms with Crippen LogP contribution in [0.4, 0.5) is 5.82 Å². The summed E-state index contributed by atoms with van der Waals surface area (Å²) in [6, 6.07) is 14.2. The van der Waals surface area contributed by atoms with Gasteiger partial charge in [0, 0.05) is 49.6 Å². The minimum absolute atomic E-state index is 0.325. The third kappa shape index (κ3) is 5.54. The summed E-state index contributed by atoms with van der Waals surface area (Å²) >= 11 is 5.39. The fraction of sp³-hybridized carbons (Fsp3) is 0.167. The number of nitrogens with two attached hydrogens (primary N) is 1. The van der Waals surface area contributed by atoms with Crippen LogP contribution in [0.3, 0.4) is 0 Å². The molecule has 2 aromatic heterocycles. The molecule has 3 N–H and O–H groups in total. The Kier molecular flexibility index (Phi) is 6.97. The molecule has 3 heterocycles. The molecule has 9 heteroatoms. The number of aromatic nitrogens is 2. The van der Waals surface area contributed by atoms with Gasteiger partial charge in [-0.2, -0.15) is 0 Å². The Labute approximate surface area is 196 Å². The Morgan fingerprint density at radius 2 is 1.88 bits per heavy atom. The van der Waals surface area contributed by atoms with Crippen LogP contribution in [0, 0.1) is 0 Å². The number of rotatable bonds is 7. The maximum Gasteiger partial charge on any atom is 0.250 e. The highest BCUT2D eigenvalue weighted by atomic mass is 35.5. The molecule has 1 amide bonds. The second-order valence-electron chi connectivity index (χ2n) is 7.33. The highest BCUT2D eigenvalue weighted by Gasteiger charge is 2.18. The number of carbonyl (C=O) groups excluding carboxylic acids is 2. The maximum absolute atomic E-state index is 12.0. The monoisotopic (exact) mass is 463 g/mol.